The molecule has 0 atom stereocenters. The van der Waals surface area contributed by atoms with Crippen LogP contribution < -0.4 is 0 Å². The van der Waals surface area contributed by atoms with E-state index in [-0.39, 0.29) is 0 Å². The van der Waals surface area contributed by atoms with Crippen LogP contribution >= 0.6 is 295 Å². The van der Waals surface area contributed by atoms with Crippen LogP contribution in [0.1, 0.15) is 0 Å². The number of hydrogen-bond acceptors (Lipinski definition) is 4. The molecule has 0 aliphatic rings. The largest absolute Gasteiger partial charge is 0.476 e. The van der Waals surface area contributed by atoms with Gasteiger partial charge < -0.3 is 0 Å². The fourth-order valence-electron chi connectivity index (χ4n) is 1.38. The van der Waals surface area contributed by atoms with Crippen molar-refractivity contribution >= 4 is 295 Å². The van der Waals surface area contributed by atoms with Crippen molar-refractivity contribution in [1.82, 2.24) is 0 Å². The Morgan fingerprint density at radius 2 is 0.500 bits per heavy atom. The molecule has 0 aromatic heterocycles. The molecule has 0 unspecified atom stereocenters. The van der Waals surface area contributed by atoms with Gasteiger partial charge in [0, 0.05) is 0 Å². The van der Waals surface area contributed by atoms with Gasteiger partial charge in [0.2, 0.25) is 0 Å². The van der Waals surface area contributed by atoms with Gasteiger partial charge in [0.1, 0.15) is 18.3 Å². The Balaban J connectivity index is 6.72. The molecule has 0 saturated carbocycles. The third kappa shape index (κ3) is 15.5. The molecule has 32 heavy (non-hydrogen) atoms. The molecule has 0 amide bonds. The third-order valence-corrected chi connectivity index (χ3v) is 11.4. The molecule has 0 aliphatic heterocycles. The van der Waals surface area contributed by atoms with Gasteiger partial charge in [0.25, 0.3) is 0 Å². The molecule has 0 saturated heterocycles. The summed E-state index contributed by atoms with van der Waals surface area (Å²) in [4.78, 5) is 0. The van der Waals surface area contributed by atoms with Crippen LogP contribution in [0.4, 0.5) is 0 Å². The van der Waals surface area contributed by atoms with Gasteiger partial charge in [-0.05, 0) is 0 Å². The van der Waals surface area contributed by atoms with Gasteiger partial charge in [-0.2, -0.15) is 0 Å². The van der Waals surface area contributed by atoms with Gasteiger partial charge in [-0.1, -0.05) is 287 Å². The molecule has 0 radical (unpaired) electrons. The number of halogens is 18. The second-order valence-electron chi connectivity index (χ2n) is 5.15. The lowest BCUT2D eigenvalue weighted by Gasteiger charge is -2.40. The number of hydrogen-bond donors (Lipinski definition) is 0. The van der Waals surface area contributed by atoms with E-state index in [9.17, 15) is 4.57 Å². The van der Waals surface area contributed by atoms with Crippen LogP contribution in [0.15, 0.2) is 0 Å². The predicted octanol–water partition coefficient (Wildman–Crippen LogP) is 14.3. The fraction of sp³-hybridized carbons (Fsp3) is 1.00. The smallest absolute Gasteiger partial charge is 0.277 e. The van der Waals surface area contributed by atoms with E-state index in [0.717, 1.165) is 0 Å². The van der Waals surface area contributed by atoms with Crippen LogP contribution in [0.2, 0.25) is 0 Å². The second kappa shape index (κ2) is 15.2. The van der Waals surface area contributed by atoms with Crippen LogP contribution in [0.3, 0.4) is 0 Å². The summed E-state index contributed by atoms with van der Waals surface area (Å²) in [5.41, 5.74) is 0. The predicted molar refractivity (Wildman–Crippen MR) is 199 cm³/mol. The van der Waals surface area contributed by atoms with Crippen LogP contribution in [0.25, 0.3) is 0 Å². The summed E-state index contributed by atoms with van der Waals surface area (Å²) in [6.07, 6.45) is -3.05. The van der Waals surface area contributed by atoms with Gasteiger partial charge in [0.15, 0.2) is 12.9 Å². The zero-order chi connectivity index (χ0) is 26.4. The van der Waals surface area contributed by atoms with E-state index in [4.69, 9.17) is 13.6 Å². The summed E-state index contributed by atoms with van der Waals surface area (Å²) < 4.78 is 25.7. The van der Waals surface area contributed by atoms with E-state index in [0.29, 0.717) is 0 Å². The van der Waals surface area contributed by atoms with Crippen molar-refractivity contribution in [2.45, 2.75) is 31.2 Å². The lowest BCUT2D eigenvalue weighted by molar-refractivity contribution is 0.0486. The highest BCUT2D eigenvalue weighted by Crippen LogP contribution is 2.67. The van der Waals surface area contributed by atoms with Crippen molar-refractivity contribution < 1.29 is 18.1 Å². The summed E-state index contributed by atoms with van der Waals surface area (Å²) in [6.45, 7) is 0. The van der Waals surface area contributed by atoms with E-state index in [1.165, 1.54) is 0 Å². The Hall–Kier alpha value is 8.75. The van der Waals surface area contributed by atoms with Crippen LogP contribution in [0, 0.1) is 0 Å². The summed E-state index contributed by atoms with van der Waals surface area (Å²) in [7, 11) is -4.51. The summed E-state index contributed by atoms with van der Waals surface area (Å²) in [5, 5.41) is 0. The molecule has 0 heterocycles. The fourth-order valence-corrected chi connectivity index (χ4v) is 22.0. The molecule has 194 valence electrons. The van der Waals surface area contributed by atoms with Crippen LogP contribution in [-0.2, 0) is 18.1 Å². The van der Waals surface area contributed by atoms with Crippen LogP contribution in [-0.4, -0.2) is 31.2 Å². The maximum absolute atomic E-state index is 14.3. The quantitative estimate of drug-likeness (QED) is 0.196. The van der Waals surface area contributed by atoms with Crippen molar-refractivity contribution in [3.63, 3.8) is 0 Å². The highest BCUT2D eigenvalue weighted by molar-refractivity contribution is 9.42. The van der Waals surface area contributed by atoms with Gasteiger partial charge >= 0.3 is 7.82 Å². The first-order valence-corrected chi connectivity index (χ1v) is 22.3. The van der Waals surface area contributed by atoms with E-state index in [1.54, 1.807) is 0 Å². The van der Waals surface area contributed by atoms with E-state index < -0.39 is 39.0 Å². The molecule has 0 N–H and O–H groups in total. The van der Waals surface area contributed by atoms with Gasteiger partial charge in [-0.3, -0.25) is 13.6 Å². The molecule has 4 nitrogen and oxygen atoms in total. The first kappa shape index (κ1) is 40.8. The number of alkyl halides is 18. The van der Waals surface area contributed by atoms with Crippen molar-refractivity contribution in [3.8, 4) is 0 Å². The first-order chi connectivity index (χ1) is 13.5. The highest BCUT2D eigenvalue weighted by Gasteiger charge is 2.57. The molecule has 23 heteroatoms. The molecular weight excluding hydrogens is 1640 g/mol. The molecule has 0 bridgehead atoms. The van der Waals surface area contributed by atoms with Gasteiger partial charge in [0.05, 0.1) is 0 Å². The summed E-state index contributed by atoms with van der Waals surface area (Å²) in [5.74, 6) is 0. The molecular formula is C9H3Br18O4P. The van der Waals surface area contributed by atoms with Crippen molar-refractivity contribution in [2.75, 3.05) is 0 Å². The third-order valence-electron chi connectivity index (χ3n) is 2.49. The molecule has 0 spiro atoms. The average Bonchev–Trinajstić information content (AvgIpc) is 2.41. The van der Waals surface area contributed by atoms with Crippen molar-refractivity contribution in [1.29, 1.82) is 0 Å². The van der Waals surface area contributed by atoms with Crippen LogP contribution in [0.5, 0.6) is 0 Å². The van der Waals surface area contributed by atoms with E-state index >= 15 is 0 Å². The summed E-state index contributed by atoms with van der Waals surface area (Å²) >= 11 is 61.2. The highest BCUT2D eigenvalue weighted by atomic mass is 80.0. The number of phosphoric ester groups is 1. The minimum atomic E-state index is -4.51. The van der Waals surface area contributed by atoms with Gasteiger partial charge in [-0.15, -0.1) is 0 Å². The van der Waals surface area contributed by atoms with Gasteiger partial charge in [-0.25, -0.2) is 4.57 Å². The van der Waals surface area contributed by atoms with Crippen molar-refractivity contribution in [2.24, 2.45) is 0 Å². The molecule has 0 aliphatic carbocycles. The Bertz CT molecular complexity index is 533. The zero-order valence-corrected chi connectivity index (χ0v) is 43.1. The first-order valence-electron chi connectivity index (χ1n) is 6.57. The minimum absolute atomic E-state index is 1.02. The summed E-state index contributed by atoms with van der Waals surface area (Å²) in [6, 6.07) is 0. The van der Waals surface area contributed by atoms with E-state index in [1.807, 2.05) is 0 Å². The lowest BCUT2D eigenvalue weighted by atomic mass is 10.5. The minimum Gasteiger partial charge on any atom is -0.277 e. The standard InChI is InChI=1S/C9H3Br18O4P/c10-4(11,12)1(5(13,14)15)29-32(28,30-2(6(16,17)18)7(19,20)21)31-3(8(22,23)24)9(25,26)27/h1-3H. The monoisotopic (exact) mass is 1630 g/mol. The maximum atomic E-state index is 14.3. The Morgan fingerprint density at radius 3 is 0.594 bits per heavy atom. The molecule has 0 fully saturated rings. The van der Waals surface area contributed by atoms with E-state index in [2.05, 4.69) is 287 Å². The normalized spacial score (nSPS) is 15.9. The average molecular weight is 1640 g/mol. The SMILES string of the molecule is O=P(OC(C(Br)(Br)Br)C(Br)(Br)Br)(OC(C(Br)(Br)Br)C(Br)(Br)Br)OC(C(Br)(Br)Br)C(Br)(Br)Br. The number of phosphoric acid groups is 1. The van der Waals surface area contributed by atoms with Crippen molar-refractivity contribution in [3.05, 3.63) is 0 Å². The Morgan fingerprint density at radius 1 is 0.375 bits per heavy atom. The molecule has 0 aromatic rings. The second-order valence-corrected chi connectivity index (χ2v) is 48.3. The maximum Gasteiger partial charge on any atom is 0.476 e. The topological polar surface area (TPSA) is 44.8 Å². The molecule has 0 rings (SSSR count). The Labute approximate surface area is 336 Å². The Kier molecular flexibility index (Phi) is 19.3. The lowest BCUT2D eigenvalue weighted by Crippen LogP contribution is -2.44. The zero-order valence-electron chi connectivity index (χ0n) is 13.6. The molecule has 0 aromatic carbocycles. The number of rotatable bonds is 6.